The van der Waals surface area contributed by atoms with Crippen molar-refractivity contribution in [3.8, 4) is 11.5 Å². The maximum atomic E-state index is 9.37. The van der Waals surface area contributed by atoms with E-state index in [9.17, 15) is 10.2 Å². The van der Waals surface area contributed by atoms with Gasteiger partial charge in [0.1, 0.15) is 11.5 Å². The zero-order chi connectivity index (χ0) is 23.2. The highest BCUT2D eigenvalue weighted by Gasteiger charge is 2.26. The zero-order valence-electron chi connectivity index (χ0n) is 20.8. The molecule has 0 saturated carbocycles. The monoisotopic (exact) mass is 414 g/mol. The molecule has 0 aromatic heterocycles. The van der Waals surface area contributed by atoms with Gasteiger partial charge in [0, 0.05) is 5.41 Å². The van der Waals surface area contributed by atoms with Gasteiger partial charge in [-0.15, -0.1) is 0 Å². The quantitative estimate of drug-likeness (QED) is 0.453. The molecule has 0 unspecified atom stereocenters. The van der Waals surface area contributed by atoms with Gasteiger partial charge in [-0.2, -0.15) is 0 Å². The SMILES string of the molecule is CC.CCC(C)(c1ccc(O)cc1)c1ccc(O)cc1.CCCCC(C)(C)CCC. The van der Waals surface area contributed by atoms with Gasteiger partial charge in [0.15, 0.2) is 0 Å². The van der Waals surface area contributed by atoms with E-state index in [0.717, 1.165) is 17.5 Å². The molecule has 2 N–H and O–H groups in total. The highest BCUT2D eigenvalue weighted by Crippen LogP contribution is 2.36. The maximum Gasteiger partial charge on any atom is 0.115 e. The molecule has 0 aliphatic rings. The molecule has 2 aromatic carbocycles. The standard InChI is InChI=1S/C16H18O2.C10H22.C2H6/c1-3-16(2,12-4-8-14(17)9-5-12)13-6-10-15(18)11-7-13;1-5-7-9-10(3,4)8-6-2;1-2/h4-11,17-18H,3H2,1-2H3;5-9H2,1-4H3;1-2H3. The van der Waals surface area contributed by atoms with E-state index in [4.69, 9.17) is 0 Å². The van der Waals surface area contributed by atoms with Crippen LogP contribution in [-0.4, -0.2) is 10.2 Å². The smallest absolute Gasteiger partial charge is 0.115 e. The van der Waals surface area contributed by atoms with Crippen LogP contribution in [0.3, 0.4) is 0 Å². The summed E-state index contributed by atoms with van der Waals surface area (Å²) < 4.78 is 0. The Morgan fingerprint density at radius 3 is 1.33 bits per heavy atom. The fraction of sp³-hybridized carbons (Fsp3) is 0.571. The number of phenols is 2. The fourth-order valence-corrected chi connectivity index (χ4v) is 3.69. The minimum atomic E-state index is -0.110. The predicted molar refractivity (Wildman–Crippen MR) is 133 cm³/mol. The number of phenolic OH excluding ortho intramolecular Hbond substituents is 2. The molecule has 0 aliphatic heterocycles. The van der Waals surface area contributed by atoms with Crippen molar-refractivity contribution in [2.24, 2.45) is 5.41 Å². The fourth-order valence-electron chi connectivity index (χ4n) is 3.69. The van der Waals surface area contributed by atoms with Gasteiger partial charge < -0.3 is 10.2 Å². The van der Waals surface area contributed by atoms with Gasteiger partial charge in [0.05, 0.1) is 0 Å². The summed E-state index contributed by atoms with van der Waals surface area (Å²) in [5.74, 6) is 0.561. The molecule has 2 rings (SSSR count). The first-order valence-corrected chi connectivity index (χ1v) is 11.8. The first kappa shape index (κ1) is 28.0. The Balaban J connectivity index is 0.000000600. The van der Waals surface area contributed by atoms with Crippen molar-refractivity contribution in [3.63, 3.8) is 0 Å². The van der Waals surface area contributed by atoms with E-state index >= 15 is 0 Å². The Hall–Kier alpha value is -1.96. The van der Waals surface area contributed by atoms with Crippen LogP contribution < -0.4 is 0 Å². The number of hydrogen-bond donors (Lipinski definition) is 2. The Bertz CT molecular complexity index is 623. The summed E-state index contributed by atoms with van der Waals surface area (Å²) in [6, 6.07) is 14.6. The summed E-state index contributed by atoms with van der Waals surface area (Å²) >= 11 is 0. The van der Waals surface area contributed by atoms with Crippen LogP contribution in [0.4, 0.5) is 0 Å². The van der Waals surface area contributed by atoms with Gasteiger partial charge in [-0.1, -0.05) is 98.9 Å². The van der Waals surface area contributed by atoms with E-state index in [-0.39, 0.29) is 16.9 Å². The van der Waals surface area contributed by atoms with Crippen molar-refractivity contribution in [1.82, 2.24) is 0 Å². The van der Waals surface area contributed by atoms with Crippen molar-refractivity contribution >= 4 is 0 Å². The Labute approximate surface area is 186 Å². The second-order valence-electron chi connectivity index (χ2n) is 8.80. The summed E-state index contributed by atoms with van der Waals surface area (Å²) in [6.07, 6.45) is 7.80. The topological polar surface area (TPSA) is 40.5 Å². The average Bonchev–Trinajstić information content (AvgIpc) is 2.74. The third-order valence-electron chi connectivity index (χ3n) is 5.85. The molecular weight excluding hydrogens is 368 g/mol. The number of rotatable bonds is 8. The first-order chi connectivity index (χ1) is 14.2. The zero-order valence-corrected chi connectivity index (χ0v) is 20.8. The van der Waals surface area contributed by atoms with E-state index in [1.165, 1.54) is 32.1 Å². The van der Waals surface area contributed by atoms with Crippen LogP contribution in [0.2, 0.25) is 0 Å². The molecule has 0 saturated heterocycles. The maximum absolute atomic E-state index is 9.37. The molecule has 2 nitrogen and oxygen atoms in total. The molecule has 30 heavy (non-hydrogen) atoms. The summed E-state index contributed by atoms with van der Waals surface area (Å²) in [6.45, 7) is 17.6. The van der Waals surface area contributed by atoms with Gasteiger partial charge in [-0.05, 0) is 60.1 Å². The van der Waals surface area contributed by atoms with Gasteiger partial charge in [0.2, 0.25) is 0 Å². The third kappa shape index (κ3) is 9.24. The van der Waals surface area contributed by atoms with Gasteiger partial charge in [-0.25, -0.2) is 0 Å². The van der Waals surface area contributed by atoms with E-state index in [1.54, 1.807) is 24.3 Å². The minimum Gasteiger partial charge on any atom is -0.508 e. The van der Waals surface area contributed by atoms with Crippen molar-refractivity contribution in [2.45, 2.75) is 99.3 Å². The highest BCUT2D eigenvalue weighted by atomic mass is 16.3. The number of benzene rings is 2. The molecule has 0 bridgehead atoms. The van der Waals surface area contributed by atoms with Crippen LogP contribution in [0.5, 0.6) is 11.5 Å². The van der Waals surface area contributed by atoms with Crippen LogP contribution in [0, 0.1) is 5.41 Å². The van der Waals surface area contributed by atoms with Crippen molar-refractivity contribution in [1.29, 1.82) is 0 Å². The summed E-state index contributed by atoms with van der Waals surface area (Å²) in [4.78, 5) is 0. The largest absolute Gasteiger partial charge is 0.508 e. The molecule has 0 fully saturated rings. The molecular formula is C28H46O2. The van der Waals surface area contributed by atoms with Crippen LogP contribution in [0.25, 0.3) is 0 Å². The molecule has 0 amide bonds. The molecule has 2 aromatic rings. The van der Waals surface area contributed by atoms with Crippen LogP contribution in [0.15, 0.2) is 48.5 Å². The summed E-state index contributed by atoms with van der Waals surface area (Å²) in [5.41, 5.74) is 2.81. The molecule has 170 valence electrons. The van der Waals surface area contributed by atoms with Gasteiger partial charge in [0.25, 0.3) is 0 Å². The Morgan fingerprint density at radius 1 is 0.633 bits per heavy atom. The van der Waals surface area contributed by atoms with Crippen LogP contribution in [-0.2, 0) is 5.41 Å². The van der Waals surface area contributed by atoms with Crippen molar-refractivity contribution in [3.05, 3.63) is 59.7 Å². The number of unbranched alkanes of at least 4 members (excludes halogenated alkanes) is 1. The van der Waals surface area contributed by atoms with E-state index in [0.29, 0.717) is 5.41 Å². The lowest BCUT2D eigenvalue weighted by molar-refractivity contribution is 0.295. The van der Waals surface area contributed by atoms with E-state index in [1.807, 2.05) is 38.1 Å². The van der Waals surface area contributed by atoms with E-state index in [2.05, 4.69) is 41.5 Å². The molecule has 2 heteroatoms. The van der Waals surface area contributed by atoms with E-state index < -0.39 is 0 Å². The van der Waals surface area contributed by atoms with Gasteiger partial charge in [-0.3, -0.25) is 0 Å². The Kier molecular flexibility index (Phi) is 13.2. The minimum absolute atomic E-state index is 0.110. The summed E-state index contributed by atoms with van der Waals surface area (Å²) in [7, 11) is 0. The van der Waals surface area contributed by atoms with Crippen molar-refractivity contribution in [2.75, 3.05) is 0 Å². The Morgan fingerprint density at radius 2 is 1.03 bits per heavy atom. The molecule has 0 atom stereocenters. The number of aromatic hydroxyl groups is 2. The lowest BCUT2D eigenvalue weighted by Gasteiger charge is -2.29. The molecule has 0 radical (unpaired) electrons. The van der Waals surface area contributed by atoms with Crippen molar-refractivity contribution < 1.29 is 10.2 Å². The lowest BCUT2D eigenvalue weighted by atomic mass is 9.74. The van der Waals surface area contributed by atoms with Crippen LogP contribution in [0.1, 0.15) is 105 Å². The molecule has 0 heterocycles. The average molecular weight is 415 g/mol. The second-order valence-corrected chi connectivity index (χ2v) is 8.80. The van der Waals surface area contributed by atoms with Gasteiger partial charge >= 0.3 is 0 Å². The first-order valence-electron chi connectivity index (χ1n) is 11.8. The third-order valence-corrected chi connectivity index (χ3v) is 5.85. The second kappa shape index (κ2) is 14.1. The predicted octanol–water partition coefficient (Wildman–Crippen LogP) is 8.84. The van der Waals surface area contributed by atoms with Crippen LogP contribution >= 0.6 is 0 Å². The number of hydrogen-bond acceptors (Lipinski definition) is 2. The normalized spacial score (nSPS) is 11.1. The molecule has 0 aliphatic carbocycles. The summed E-state index contributed by atoms with van der Waals surface area (Å²) in [5, 5.41) is 18.7. The lowest BCUT2D eigenvalue weighted by Crippen LogP contribution is -2.22. The highest BCUT2D eigenvalue weighted by molar-refractivity contribution is 5.41. The molecule has 0 spiro atoms.